The second kappa shape index (κ2) is 6.44. The van der Waals surface area contributed by atoms with Gasteiger partial charge in [-0.2, -0.15) is 0 Å². The van der Waals surface area contributed by atoms with Crippen LogP contribution in [0.4, 0.5) is 0 Å². The van der Waals surface area contributed by atoms with E-state index in [1.165, 1.54) is 19.3 Å². The van der Waals surface area contributed by atoms with Crippen LogP contribution in [0, 0.1) is 5.92 Å². The van der Waals surface area contributed by atoms with Gasteiger partial charge in [0, 0.05) is 18.1 Å². The van der Waals surface area contributed by atoms with E-state index in [0.717, 1.165) is 24.8 Å². The maximum Gasteiger partial charge on any atom is 0.320 e. The van der Waals surface area contributed by atoms with Crippen molar-refractivity contribution < 1.29 is 9.53 Å². The van der Waals surface area contributed by atoms with Gasteiger partial charge in [0.05, 0.1) is 6.54 Å². The molecule has 0 heterocycles. The van der Waals surface area contributed by atoms with Crippen molar-refractivity contribution in [1.29, 1.82) is 0 Å². The monoisotopic (exact) mass is 282 g/mol. The maximum absolute atomic E-state index is 11.7. The van der Waals surface area contributed by atoms with E-state index in [4.69, 9.17) is 4.74 Å². The summed E-state index contributed by atoms with van der Waals surface area (Å²) in [7, 11) is 0. The van der Waals surface area contributed by atoms with E-state index in [1.807, 2.05) is 20.8 Å². The Morgan fingerprint density at radius 1 is 1.15 bits per heavy atom. The third-order valence-corrected chi connectivity index (χ3v) is 4.24. The summed E-state index contributed by atoms with van der Waals surface area (Å²) in [4.78, 5) is 11.7. The molecule has 2 N–H and O–H groups in total. The molecule has 0 spiro atoms. The summed E-state index contributed by atoms with van der Waals surface area (Å²) in [5, 5.41) is 7.08. The van der Waals surface area contributed by atoms with Gasteiger partial charge in [-0.15, -0.1) is 0 Å². The van der Waals surface area contributed by atoms with Gasteiger partial charge in [-0.25, -0.2) is 0 Å². The molecule has 0 unspecified atom stereocenters. The maximum atomic E-state index is 11.7. The van der Waals surface area contributed by atoms with E-state index in [0.29, 0.717) is 18.6 Å². The molecule has 2 aliphatic rings. The molecule has 4 heteroatoms. The molecule has 0 amide bonds. The highest BCUT2D eigenvalue weighted by Crippen LogP contribution is 2.31. The Balaban J connectivity index is 1.58. The SMILES string of the molecule is C[C@@H]1C[C@H]1NC1CCC(NCC(=O)OC(C)(C)C)CC1. The predicted molar refractivity (Wildman–Crippen MR) is 80.6 cm³/mol. The van der Waals surface area contributed by atoms with Gasteiger partial charge in [-0.05, 0) is 58.8 Å². The van der Waals surface area contributed by atoms with Crippen molar-refractivity contribution in [2.45, 2.75) is 83.5 Å². The summed E-state index contributed by atoms with van der Waals surface area (Å²) < 4.78 is 5.31. The zero-order valence-corrected chi connectivity index (χ0v) is 13.4. The fraction of sp³-hybridized carbons (Fsp3) is 0.938. The number of carbonyl (C=O) groups excluding carboxylic acids is 1. The molecule has 0 aromatic heterocycles. The molecule has 0 aromatic rings. The zero-order valence-electron chi connectivity index (χ0n) is 13.4. The molecule has 4 nitrogen and oxygen atoms in total. The van der Waals surface area contributed by atoms with E-state index in [9.17, 15) is 4.79 Å². The number of ether oxygens (including phenoxy) is 1. The Bertz CT molecular complexity index is 330. The molecular weight excluding hydrogens is 252 g/mol. The fourth-order valence-electron chi connectivity index (χ4n) is 2.93. The van der Waals surface area contributed by atoms with Crippen LogP contribution in [0.15, 0.2) is 0 Å². The van der Waals surface area contributed by atoms with Gasteiger partial charge in [-0.3, -0.25) is 4.79 Å². The van der Waals surface area contributed by atoms with E-state index in [1.54, 1.807) is 0 Å². The minimum Gasteiger partial charge on any atom is -0.459 e. The Morgan fingerprint density at radius 3 is 2.20 bits per heavy atom. The molecule has 0 saturated heterocycles. The zero-order chi connectivity index (χ0) is 14.8. The third kappa shape index (κ3) is 5.41. The molecule has 2 atom stereocenters. The Labute approximate surface area is 123 Å². The van der Waals surface area contributed by atoms with Crippen molar-refractivity contribution in [3.63, 3.8) is 0 Å². The first-order chi connectivity index (χ1) is 9.33. The molecule has 0 bridgehead atoms. The topological polar surface area (TPSA) is 50.4 Å². The molecule has 0 radical (unpaired) electrons. The minimum absolute atomic E-state index is 0.149. The van der Waals surface area contributed by atoms with Crippen molar-refractivity contribution in [1.82, 2.24) is 10.6 Å². The highest BCUT2D eigenvalue weighted by molar-refractivity contribution is 5.72. The fourth-order valence-corrected chi connectivity index (χ4v) is 2.93. The van der Waals surface area contributed by atoms with Gasteiger partial charge < -0.3 is 15.4 Å². The van der Waals surface area contributed by atoms with Gasteiger partial charge >= 0.3 is 5.97 Å². The molecule has 116 valence electrons. The van der Waals surface area contributed by atoms with Crippen LogP contribution >= 0.6 is 0 Å². The van der Waals surface area contributed by atoms with Gasteiger partial charge in [-0.1, -0.05) is 6.92 Å². The van der Waals surface area contributed by atoms with E-state index in [2.05, 4.69) is 17.6 Å². The second-order valence-electron chi connectivity index (χ2n) is 7.50. The highest BCUT2D eigenvalue weighted by Gasteiger charge is 2.35. The summed E-state index contributed by atoms with van der Waals surface area (Å²) in [6.07, 6.45) is 6.09. The lowest BCUT2D eigenvalue weighted by atomic mass is 9.91. The summed E-state index contributed by atoms with van der Waals surface area (Å²) >= 11 is 0. The first-order valence-electron chi connectivity index (χ1n) is 8.05. The van der Waals surface area contributed by atoms with Gasteiger partial charge in [0.15, 0.2) is 0 Å². The lowest BCUT2D eigenvalue weighted by Crippen LogP contribution is -2.43. The lowest BCUT2D eigenvalue weighted by Gasteiger charge is -2.30. The Hall–Kier alpha value is -0.610. The summed E-state index contributed by atoms with van der Waals surface area (Å²) in [5.41, 5.74) is -0.388. The van der Waals surface area contributed by atoms with Crippen LogP contribution in [0.2, 0.25) is 0 Å². The number of hydrogen-bond acceptors (Lipinski definition) is 4. The summed E-state index contributed by atoms with van der Waals surface area (Å²) in [5.74, 6) is 0.725. The van der Waals surface area contributed by atoms with Crippen molar-refractivity contribution in [3.05, 3.63) is 0 Å². The average Bonchev–Trinajstić information content (AvgIpc) is 3.02. The van der Waals surface area contributed by atoms with Crippen LogP contribution in [0.3, 0.4) is 0 Å². The lowest BCUT2D eigenvalue weighted by molar-refractivity contribution is -0.153. The van der Waals surface area contributed by atoms with Crippen molar-refractivity contribution in [3.8, 4) is 0 Å². The van der Waals surface area contributed by atoms with Crippen LogP contribution in [0.1, 0.15) is 59.8 Å². The van der Waals surface area contributed by atoms with Gasteiger partial charge in [0.2, 0.25) is 0 Å². The molecule has 2 aliphatic carbocycles. The van der Waals surface area contributed by atoms with Crippen molar-refractivity contribution in [2.75, 3.05) is 6.54 Å². The molecule has 2 saturated carbocycles. The Kier molecular flexibility index (Phi) is 5.08. The number of rotatable bonds is 5. The normalized spacial score (nSPS) is 33.8. The Morgan fingerprint density at radius 2 is 1.70 bits per heavy atom. The number of esters is 1. The highest BCUT2D eigenvalue weighted by atomic mass is 16.6. The standard InChI is InChI=1S/C16H30N2O2/c1-11-9-14(11)18-13-7-5-12(6-8-13)17-10-15(19)20-16(2,3)4/h11-14,17-18H,5-10H2,1-4H3/t11-,12?,13?,14-/m1/s1. The van der Waals surface area contributed by atoms with Crippen LogP contribution in [-0.4, -0.2) is 36.2 Å². The average molecular weight is 282 g/mol. The van der Waals surface area contributed by atoms with E-state index < -0.39 is 0 Å². The van der Waals surface area contributed by atoms with Crippen molar-refractivity contribution >= 4 is 5.97 Å². The van der Waals surface area contributed by atoms with Crippen molar-refractivity contribution in [2.24, 2.45) is 5.92 Å². The predicted octanol–water partition coefficient (Wildman–Crippen LogP) is 2.23. The van der Waals surface area contributed by atoms with E-state index in [-0.39, 0.29) is 11.6 Å². The van der Waals surface area contributed by atoms with Crippen LogP contribution in [0.25, 0.3) is 0 Å². The smallest absolute Gasteiger partial charge is 0.320 e. The molecular formula is C16H30N2O2. The summed E-state index contributed by atoms with van der Waals surface area (Å²) in [6, 6.07) is 1.92. The quantitative estimate of drug-likeness (QED) is 0.759. The largest absolute Gasteiger partial charge is 0.459 e. The van der Waals surface area contributed by atoms with Crippen LogP contribution in [0.5, 0.6) is 0 Å². The van der Waals surface area contributed by atoms with Gasteiger partial charge in [0.1, 0.15) is 5.60 Å². The third-order valence-electron chi connectivity index (χ3n) is 4.24. The molecule has 0 aromatic carbocycles. The van der Waals surface area contributed by atoms with Crippen LogP contribution in [-0.2, 0) is 9.53 Å². The number of hydrogen-bond donors (Lipinski definition) is 2. The molecule has 2 rings (SSSR count). The molecule has 20 heavy (non-hydrogen) atoms. The summed E-state index contributed by atoms with van der Waals surface area (Å²) in [6.45, 7) is 8.35. The number of carbonyl (C=O) groups is 1. The van der Waals surface area contributed by atoms with Gasteiger partial charge in [0.25, 0.3) is 0 Å². The van der Waals surface area contributed by atoms with Crippen LogP contribution < -0.4 is 10.6 Å². The second-order valence-corrected chi connectivity index (χ2v) is 7.50. The molecule has 2 fully saturated rings. The number of nitrogens with one attached hydrogen (secondary N) is 2. The first kappa shape index (κ1) is 15.8. The first-order valence-corrected chi connectivity index (χ1v) is 8.05. The minimum atomic E-state index is -0.388. The molecule has 0 aliphatic heterocycles. The van der Waals surface area contributed by atoms with E-state index >= 15 is 0 Å².